The minimum atomic E-state index is 0.384. The van der Waals surface area contributed by atoms with Gasteiger partial charge in [-0.1, -0.05) is 54.6 Å². The zero-order valence-corrected chi connectivity index (χ0v) is 15.5. The van der Waals surface area contributed by atoms with Gasteiger partial charge in [0.2, 0.25) is 5.88 Å². The quantitative estimate of drug-likeness (QED) is 0.607. The SMILES string of the molecule is Cc1nc(OCc2ccccc2)ccc1-c1ccc(C2CCC(=O)C2)cc1. The molecule has 3 heteroatoms. The lowest BCUT2D eigenvalue weighted by atomic mass is 9.95. The molecule has 0 aliphatic heterocycles. The third-order valence-corrected chi connectivity index (χ3v) is 5.23. The van der Waals surface area contributed by atoms with Crippen LogP contribution in [0.2, 0.25) is 0 Å². The summed E-state index contributed by atoms with van der Waals surface area (Å²) in [5.74, 6) is 1.41. The summed E-state index contributed by atoms with van der Waals surface area (Å²) in [6.07, 6.45) is 2.39. The standard InChI is InChI=1S/C24H23NO2/c1-17-23(13-14-24(25-17)27-16-18-5-3-2-4-6-18)20-9-7-19(8-10-20)21-11-12-22(26)15-21/h2-10,13-14,21H,11-12,15-16H2,1H3. The van der Waals surface area contributed by atoms with Crippen LogP contribution in [-0.4, -0.2) is 10.8 Å². The van der Waals surface area contributed by atoms with Crippen LogP contribution in [0.15, 0.2) is 66.7 Å². The van der Waals surface area contributed by atoms with Crippen LogP contribution >= 0.6 is 0 Å². The molecule has 1 unspecified atom stereocenters. The summed E-state index contributed by atoms with van der Waals surface area (Å²) < 4.78 is 5.82. The maximum atomic E-state index is 11.5. The van der Waals surface area contributed by atoms with Gasteiger partial charge in [-0.05, 0) is 42.0 Å². The van der Waals surface area contributed by atoms with Crippen molar-refractivity contribution < 1.29 is 9.53 Å². The second-order valence-corrected chi connectivity index (χ2v) is 7.16. The maximum absolute atomic E-state index is 11.5. The molecule has 0 radical (unpaired) electrons. The van der Waals surface area contributed by atoms with Gasteiger partial charge in [-0.15, -0.1) is 0 Å². The first-order valence-corrected chi connectivity index (χ1v) is 9.45. The molecule has 1 atom stereocenters. The number of ether oxygens (including phenoxy) is 1. The van der Waals surface area contributed by atoms with Gasteiger partial charge in [-0.2, -0.15) is 0 Å². The predicted molar refractivity (Wildman–Crippen MR) is 107 cm³/mol. The monoisotopic (exact) mass is 357 g/mol. The minimum Gasteiger partial charge on any atom is -0.473 e. The van der Waals surface area contributed by atoms with Crippen molar-refractivity contribution in [2.75, 3.05) is 0 Å². The molecule has 3 aromatic rings. The van der Waals surface area contributed by atoms with Crippen LogP contribution in [0.4, 0.5) is 0 Å². The first-order chi connectivity index (χ1) is 13.2. The van der Waals surface area contributed by atoms with Crippen molar-refractivity contribution >= 4 is 5.78 Å². The smallest absolute Gasteiger partial charge is 0.213 e. The van der Waals surface area contributed by atoms with Gasteiger partial charge in [0.15, 0.2) is 0 Å². The summed E-state index contributed by atoms with van der Waals surface area (Å²) in [7, 11) is 0. The van der Waals surface area contributed by atoms with Crippen molar-refractivity contribution in [3.05, 3.63) is 83.6 Å². The highest BCUT2D eigenvalue weighted by atomic mass is 16.5. The summed E-state index contributed by atoms with van der Waals surface area (Å²) in [5.41, 5.74) is 5.59. The molecule has 1 aliphatic carbocycles. The fourth-order valence-corrected chi connectivity index (χ4v) is 3.69. The molecule has 0 spiro atoms. The van der Waals surface area contributed by atoms with E-state index in [-0.39, 0.29) is 0 Å². The minimum absolute atomic E-state index is 0.384. The number of rotatable bonds is 5. The van der Waals surface area contributed by atoms with E-state index < -0.39 is 0 Å². The number of Topliss-reactive ketones (excluding diaryl/α,β-unsaturated/α-hetero) is 1. The molecule has 1 saturated carbocycles. The van der Waals surface area contributed by atoms with Crippen molar-refractivity contribution in [2.45, 2.75) is 38.7 Å². The average Bonchev–Trinajstić information content (AvgIpc) is 3.14. The molecular weight excluding hydrogens is 334 g/mol. The Morgan fingerprint density at radius 2 is 1.78 bits per heavy atom. The van der Waals surface area contributed by atoms with Crippen molar-refractivity contribution in [3.63, 3.8) is 0 Å². The highest BCUT2D eigenvalue weighted by Gasteiger charge is 2.23. The first-order valence-electron chi connectivity index (χ1n) is 9.45. The van der Waals surface area contributed by atoms with Gasteiger partial charge in [0, 0.05) is 30.2 Å². The summed E-state index contributed by atoms with van der Waals surface area (Å²) in [5, 5.41) is 0. The van der Waals surface area contributed by atoms with E-state index in [2.05, 4.69) is 35.3 Å². The van der Waals surface area contributed by atoms with Crippen molar-refractivity contribution in [2.24, 2.45) is 0 Å². The van der Waals surface area contributed by atoms with Gasteiger partial charge >= 0.3 is 0 Å². The maximum Gasteiger partial charge on any atom is 0.213 e. The third kappa shape index (κ3) is 4.08. The lowest BCUT2D eigenvalue weighted by Crippen LogP contribution is -1.99. The molecule has 27 heavy (non-hydrogen) atoms. The van der Waals surface area contributed by atoms with Crippen LogP contribution in [0, 0.1) is 6.92 Å². The number of hydrogen-bond donors (Lipinski definition) is 0. The Labute approximate surface area is 160 Å². The number of carbonyl (C=O) groups is 1. The summed E-state index contributed by atoms with van der Waals surface area (Å²) in [4.78, 5) is 16.1. The fraction of sp³-hybridized carbons (Fsp3) is 0.250. The second-order valence-electron chi connectivity index (χ2n) is 7.16. The molecule has 0 saturated heterocycles. The first kappa shape index (κ1) is 17.5. The molecule has 1 heterocycles. The van der Waals surface area contributed by atoms with Gasteiger partial charge in [0.25, 0.3) is 0 Å². The fourth-order valence-electron chi connectivity index (χ4n) is 3.69. The van der Waals surface area contributed by atoms with Gasteiger partial charge in [0.05, 0.1) is 0 Å². The lowest BCUT2D eigenvalue weighted by Gasteiger charge is -2.12. The predicted octanol–water partition coefficient (Wildman–Crippen LogP) is 5.47. The van der Waals surface area contributed by atoms with E-state index in [0.717, 1.165) is 35.2 Å². The topological polar surface area (TPSA) is 39.2 Å². The molecule has 0 bridgehead atoms. The normalized spacial score (nSPS) is 16.5. The van der Waals surface area contributed by atoms with Crippen LogP contribution in [0.1, 0.15) is 42.0 Å². The number of nitrogens with zero attached hydrogens (tertiary/aromatic N) is 1. The molecule has 1 aliphatic rings. The van der Waals surface area contributed by atoms with Crippen molar-refractivity contribution in [1.29, 1.82) is 0 Å². The number of aryl methyl sites for hydroxylation is 1. The van der Waals surface area contributed by atoms with Crippen LogP contribution in [0.3, 0.4) is 0 Å². The summed E-state index contributed by atoms with van der Waals surface area (Å²) in [6, 6.07) is 22.6. The van der Waals surface area contributed by atoms with Crippen LogP contribution in [0.5, 0.6) is 5.88 Å². The Balaban J connectivity index is 1.46. The van der Waals surface area contributed by atoms with Crippen molar-refractivity contribution in [3.8, 4) is 17.0 Å². The lowest BCUT2D eigenvalue weighted by molar-refractivity contribution is -0.117. The Bertz CT molecular complexity index is 932. The Morgan fingerprint density at radius 1 is 1.00 bits per heavy atom. The van der Waals surface area contributed by atoms with E-state index in [9.17, 15) is 4.79 Å². The summed E-state index contributed by atoms with van der Waals surface area (Å²) in [6.45, 7) is 2.52. The number of carbonyl (C=O) groups excluding carboxylic acids is 1. The third-order valence-electron chi connectivity index (χ3n) is 5.23. The highest BCUT2D eigenvalue weighted by molar-refractivity contribution is 5.81. The van der Waals surface area contributed by atoms with E-state index in [1.165, 1.54) is 5.56 Å². The van der Waals surface area contributed by atoms with Gasteiger partial charge < -0.3 is 4.74 Å². The Morgan fingerprint density at radius 3 is 2.44 bits per heavy atom. The van der Waals surface area contributed by atoms with Gasteiger partial charge in [-0.25, -0.2) is 4.98 Å². The number of pyridine rings is 1. The van der Waals surface area contributed by atoms with Crippen LogP contribution in [0.25, 0.3) is 11.1 Å². The number of aromatic nitrogens is 1. The molecular formula is C24H23NO2. The van der Waals surface area contributed by atoms with Gasteiger partial charge in [-0.3, -0.25) is 4.79 Å². The molecule has 1 aromatic heterocycles. The zero-order valence-electron chi connectivity index (χ0n) is 15.5. The molecule has 2 aromatic carbocycles. The van der Waals surface area contributed by atoms with E-state index in [0.29, 0.717) is 30.6 Å². The molecule has 0 amide bonds. The van der Waals surface area contributed by atoms with E-state index in [1.54, 1.807) is 0 Å². The average molecular weight is 357 g/mol. The molecule has 0 N–H and O–H groups in total. The highest BCUT2D eigenvalue weighted by Crippen LogP contribution is 2.33. The van der Waals surface area contributed by atoms with Crippen LogP contribution < -0.4 is 4.74 Å². The Kier molecular flexibility index (Phi) is 5.01. The van der Waals surface area contributed by atoms with E-state index in [4.69, 9.17) is 4.74 Å². The number of benzene rings is 2. The Hall–Kier alpha value is -2.94. The molecule has 136 valence electrons. The largest absolute Gasteiger partial charge is 0.473 e. The van der Waals surface area contributed by atoms with E-state index in [1.807, 2.05) is 43.3 Å². The number of ketones is 1. The summed E-state index contributed by atoms with van der Waals surface area (Å²) >= 11 is 0. The zero-order chi connectivity index (χ0) is 18.6. The van der Waals surface area contributed by atoms with E-state index >= 15 is 0 Å². The van der Waals surface area contributed by atoms with Crippen LogP contribution in [-0.2, 0) is 11.4 Å². The number of hydrogen-bond acceptors (Lipinski definition) is 3. The second kappa shape index (κ2) is 7.75. The molecule has 4 rings (SSSR count). The van der Waals surface area contributed by atoms with Gasteiger partial charge in [0.1, 0.15) is 12.4 Å². The van der Waals surface area contributed by atoms with Crippen molar-refractivity contribution in [1.82, 2.24) is 4.98 Å². The molecule has 1 fully saturated rings. The molecule has 3 nitrogen and oxygen atoms in total.